The molecule has 4 nitrogen and oxygen atoms in total. The van der Waals surface area contributed by atoms with Gasteiger partial charge in [-0.2, -0.15) is 4.39 Å². The van der Waals surface area contributed by atoms with Crippen LogP contribution in [0.1, 0.15) is 19.0 Å². The van der Waals surface area contributed by atoms with E-state index in [1.165, 1.54) is 12.1 Å². The summed E-state index contributed by atoms with van der Waals surface area (Å²) in [5.74, 6) is -0.825. The fraction of sp³-hybridized carbons (Fsp3) is 0.214. The molecule has 0 spiro atoms. The van der Waals surface area contributed by atoms with Crippen molar-refractivity contribution in [2.75, 3.05) is 0 Å². The molecule has 0 N–H and O–H groups in total. The van der Waals surface area contributed by atoms with E-state index < -0.39 is 16.4 Å². The van der Waals surface area contributed by atoms with Crippen LogP contribution in [0.15, 0.2) is 36.5 Å². The number of nitro groups is 1. The molecule has 0 bridgehead atoms. The van der Waals surface area contributed by atoms with Gasteiger partial charge in [0, 0.05) is 23.5 Å². The van der Waals surface area contributed by atoms with Crippen molar-refractivity contribution in [3.8, 4) is 11.1 Å². The van der Waals surface area contributed by atoms with Crippen molar-refractivity contribution in [2.45, 2.75) is 19.8 Å². The number of benzene rings is 1. The smallest absolute Gasteiger partial charge is 0.261 e. The summed E-state index contributed by atoms with van der Waals surface area (Å²) in [5.41, 5.74) is 1.79. The van der Waals surface area contributed by atoms with Crippen LogP contribution in [0.2, 0.25) is 0 Å². The number of rotatable bonds is 4. The summed E-state index contributed by atoms with van der Waals surface area (Å²) in [6, 6.07) is 7.55. The molecule has 1 aromatic heterocycles. The van der Waals surface area contributed by atoms with E-state index in [1.54, 1.807) is 18.3 Å². The number of aromatic nitrogens is 1. The first kappa shape index (κ1) is 13.1. The van der Waals surface area contributed by atoms with Crippen molar-refractivity contribution < 1.29 is 9.31 Å². The Morgan fingerprint density at radius 3 is 2.79 bits per heavy atom. The Morgan fingerprint density at radius 1 is 1.37 bits per heavy atom. The van der Waals surface area contributed by atoms with Crippen molar-refractivity contribution in [1.29, 1.82) is 0 Å². The number of aryl methyl sites for hydroxylation is 1. The van der Waals surface area contributed by atoms with E-state index in [2.05, 4.69) is 4.98 Å². The van der Waals surface area contributed by atoms with E-state index in [1.807, 2.05) is 13.0 Å². The van der Waals surface area contributed by atoms with E-state index in [0.29, 0.717) is 5.56 Å². The van der Waals surface area contributed by atoms with Crippen molar-refractivity contribution in [3.05, 3.63) is 58.2 Å². The summed E-state index contributed by atoms with van der Waals surface area (Å²) in [5, 5.41) is 10.6. The summed E-state index contributed by atoms with van der Waals surface area (Å²) < 4.78 is 13.6. The van der Waals surface area contributed by atoms with E-state index in [4.69, 9.17) is 0 Å². The van der Waals surface area contributed by atoms with Crippen molar-refractivity contribution in [2.24, 2.45) is 0 Å². The number of hydrogen-bond donors (Lipinski definition) is 0. The second-order valence-electron chi connectivity index (χ2n) is 4.17. The number of nitro benzene ring substituents is 1. The van der Waals surface area contributed by atoms with Crippen LogP contribution in [0.4, 0.5) is 10.1 Å². The highest BCUT2D eigenvalue weighted by atomic mass is 19.1. The zero-order chi connectivity index (χ0) is 13.8. The van der Waals surface area contributed by atoms with Crippen LogP contribution >= 0.6 is 0 Å². The zero-order valence-corrected chi connectivity index (χ0v) is 10.5. The molecule has 0 aliphatic carbocycles. The highest BCUT2D eigenvalue weighted by molar-refractivity contribution is 5.67. The van der Waals surface area contributed by atoms with Crippen LogP contribution < -0.4 is 0 Å². The first-order valence-electron chi connectivity index (χ1n) is 6.01. The van der Waals surface area contributed by atoms with Crippen molar-refractivity contribution >= 4 is 5.69 Å². The van der Waals surface area contributed by atoms with E-state index in [0.717, 1.165) is 24.1 Å². The van der Waals surface area contributed by atoms with E-state index in [9.17, 15) is 14.5 Å². The van der Waals surface area contributed by atoms with Gasteiger partial charge in [-0.25, -0.2) is 0 Å². The lowest BCUT2D eigenvalue weighted by Gasteiger charge is -2.07. The minimum absolute atomic E-state index is 0.510. The molecule has 5 heteroatoms. The van der Waals surface area contributed by atoms with Gasteiger partial charge in [-0.1, -0.05) is 19.4 Å². The standard InChI is InChI=1S/C14H13FN2O2/c1-2-4-13-11(5-3-8-16-13)10-6-7-14(17(18)19)12(15)9-10/h3,5-9H,2,4H2,1H3. The van der Waals surface area contributed by atoms with Crippen molar-refractivity contribution in [3.63, 3.8) is 0 Å². The monoisotopic (exact) mass is 260 g/mol. The van der Waals surface area contributed by atoms with Gasteiger partial charge in [-0.15, -0.1) is 0 Å². The maximum absolute atomic E-state index is 13.6. The summed E-state index contributed by atoms with van der Waals surface area (Å²) >= 11 is 0. The molecule has 0 atom stereocenters. The molecule has 0 saturated heterocycles. The molecule has 0 aliphatic heterocycles. The van der Waals surface area contributed by atoms with Gasteiger partial charge in [0.1, 0.15) is 0 Å². The van der Waals surface area contributed by atoms with Gasteiger partial charge in [0.05, 0.1) is 4.92 Å². The highest BCUT2D eigenvalue weighted by Crippen LogP contribution is 2.27. The topological polar surface area (TPSA) is 56.0 Å². The Kier molecular flexibility index (Phi) is 3.85. The molecule has 0 saturated carbocycles. The summed E-state index contributed by atoms with van der Waals surface area (Å²) in [4.78, 5) is 14.1. The van der Waals surface area contributed by atoms with Gasteiger partial charge in [-0.3, -0.25) is 15.1 Å². The largest absolute Gasteiger partial charge is 0.304 e. The molecule has 2 rings (SSSR count). The second kappa shape index (κ2) is 5.56. The molecule has 19 heavy (non-hydrogen) atoms. The number of halogens is 1. The third-order valence-electron chi connectivity index (χ3n) is 2.83. The molecule has 0 unspecified atom stereocenters. The number of hydrogen-bond acceptors (Lipinski definition) is 3. The third kappa shape index (κ3) is 2.76. The Hall–Kier alpha value is -2.30. The first-order valence-corrected chi connectivity index (χ1v) is 6.01. The van der Waals surface area contributed by atoms with Crippen LogP contribution in [-0.2, 0) is 6.42 Å². The number of nitrogens with zero attached hydrogens (tertiary/aromatic N) is 2. The maximum Gasteiger partial charge on any atom is 0.304 e. The first-order chi connectivity index (χ1) is 9.13. The lowest BCUT2D eigenvalue weighted by atomic mass is 10.0. The third-order valence-corrected chi connectivity index (χ3v) is 2.83. The normalized spacial score (nSPS) is 10.4. The minimum Gasteiger partial charge on any atom is -0.261 e. The van der Waals surface area contributed by atoms with Crippen LogP contribution in [-0.4, -0.2) is 9.91 Å². The Morgan fingerprint density at radius 2 is 2.16 bits per heavy atom. The molecule has 0 fully saturated rings. The Labute approximate surface area is 110 Å². The van der Waals surface area contributed by atoms with E-state index >= 15 is 0 Å². The lowest BCUT2D eigenvalue weighted by Crippen LogP contribution is -1.96. The predicted octanol–water partition coefficient (Wildman–Crippen LogP) is 3.75. The van der Waals surface area contributed by atoms with Gasteiger partial charge in [0.15, 0.2) is 0 Å². The summed E-state index contributed by atoms with van der Waals surface area (Å²) in [6.07, 6.45) is 3.41. The molecule has 0 aliphatic rings. The fourth-order valence-corrected chi connectivity index (χ4v) is 1.96. The predicted molar refractivity (Wildman–Crippen MR) is 70.3 cm³/mol. The van der Waals surface area contributed by atoms with Crippen LogP contribution in [0.25, 0.3) is 11.1 Å². The maximum atomic E-state index is 13.6. The molecule has 2 aromatic rings. The Balaban J connectivity index is 2.48. The van der Waals surface area contributed by atoms with E-state index in [-0.39, 0.29) is 0 Å². The quantitative estimate of drug-likeness (QED) is 0.621. The van der Waals surface area contributed by atoms with Crippen LogP contribution in [0.5, 0.6) is 0 Å². The van der Waals surface area contributed by atoms with Crippen LogP contribution in [0, 0.1) is 15.9 Å². The molecular weight excluding hydrogens is 247 g/mol. The van der Waals surface area contributed by atoms with Gasteiger partial charge in [-0.05, 0) is 30.2 Å². The van der Waals surface area contributed by atoms with Gasteiger partial charge < -0.3 is 0 Å². The fourth-order valence-electron chi connectivity index (χ4n) is 1.96. The molecule has 98 valence electrons. The summed E-state index contributed by atoms with van der Waals surface area (Å²) in [7, 11) is 0. The Bertz CT molecular complexity index is 614. The second-order valence-corrected chi connectivity index (χ2v) is 4.17. The zero-order valence-electron chi connectivity index (χ0n) is 10.5. The number of pyridine rings is 1. The molecule has 1 aromatic carbocycles. The average Bonchev–Trinajstić information content (AvgIpc) is 2.39. The lowest BCUT2D eigenvalue weighted by molar-refractivity contribution is -0.387. The molecule has 0 amide bonds. The van der Waals surface area contributed by atoms with Gasteiger partial charge in [0.2, 0.25) is 5.82 Å². The average molecular weight is 260 g/mol. The molecule has 1 heterocycles. The van der Waals surface area contributed by atoms with Crippen LogP contribution in [0.3, 0.4) is 0 Å². The molecule has 0 radical (unpaired) electrons. The van der Waals surface area contributed by atoms with Gasteiger partial charge >= 0.3 is 5.69 Å². The highest BCUT2D eigenvalue weighted by Gasteiger charge is 2.15. The van der Waals surface area contributed by atoms with Gasteiger partial charge in [0.25, 0.3) is 0 Å². The SMILES string of the molecule is CCCc1ncccc1-c1ccc([N+](=O)[O-])c(F)c1. The summed E-state index contributed by atoms with van der Waals surface area (Å²) in [6.45, 7) is 2.04. The molecular formula is C14H13FN2O2. The van der Waals surface area contributed by atoms with Crippen molar-refractivity contribution in [1.82, 2.24) is 4.98 Å². The minimum atomic E-state index is -0.825.